The van der Waals surface area contributed by atoms with Gasteiger partial charge in [0.25, 0.3) is 0 Å². The van der Waals surface area contributed by atoms with E-state index in [0.717, 1.165) is 32.7 Å². The minimum absolute atomic E-state index is 0.0538. The first kappa shape index (κ1) is 36.1. The van der Waals surface area contributed by atoms with Crippen molar-refractivity contribution >= 4 is 55.8 Å². The summed E-state index contributed by atoms with van der Waals surface area (Å²) in [6.45, 7) is 1.01. The van der Waals surface area contributed by atoms with E-state index < -0.39 is 12.2 Å². The second-order valence-corrected chi connectivity index (χ2v) is 12.2. The molecule has 0 fully saturated rings. The minimum Gasteiger partial charge on any atom is -0.497 e. The zero-order chi connectivity index (χ0) is 37.6. The van der Waals surface area contributed by atoms with Crippen LogP contribution in [0.4, 0.5) is 9.59 Å². The Bertz CT molecular complexity index is 2180. The smallest absolute Gasteiger partial charge is 0.419 e. The van der Waals surface area contributed by atoms with E-state index in [0.29, 0.717) is 45.1 Å². The lowest BCUT2D eigenvalue weighted by atomic mass is 10.1. The van der Waals surface area contributed by atoms with Crippen LogP contribution in [0.2, 0.25) is 0 Å². The number of rotatable bonds is 14. The molecule has 0 aliphatic rings. The van der Waals surface area contributed by atoms with Gasteiger partial charge in [-0.3, -0.25) is 4.98 Å². The van der Waals surface area contributed by atoms with Crippen molar-refractivity contribution < 1.29 is 47.5 Å². The highest BCUT2D eigenvalue weighted by atomic mass is 16.6. The van der Waals surface area contributed by atoms with Gasteiger partial charge in [0.15, 0.2) is 0 Å². The molecule has 3 aromatic heterocycles. The van der Waals surface area contributed by atoms with Crippen molar-refractivity contribution in [2.24, 2.45) is 0 Å². The van der Waals surface area contributed by atoms with Crippen LogP contribution in [0.3, 0.4) is 0 Å². The van der Waals surface area contributed by atoms with Gasteiger partial charge in [-0.25, -0.2) is 18.7 Å². The number of hydrogen-bond acceptors (Lipinski definition) is 11. The summed E-state index contributed by atoms with van der Waals surface area (Å²) >= 11 is 0. The number of carbonyl (C=O) groups excluding carboxylic acids is 2. The molecule has 0 unspecified atom stereocenters. The first-order chi connectivity index (χ1) is 26.4. The van der Waals surface area contributed by atoms with Gasteiger partial charge in [-0.1, -0.05) is 0 Å². The van der Waals surface area contributed by atoms with Crippen molar-refractivity contribution in [3.05, 3.63) is 102 Å². The molecule has 0 aliphatic carbocycles. The van der Waals surface area contributed by atoms with E-state index in [9.17, 15) is 9.59 Å². The van der Waals surface area contributed by atoms with Gasteiger partial charge in [0, 0.05) is 33.9 Å². The molecule has 7 aromatic rings. The molecule has 13 heteroatoms. The minimum atomic E-state index is -0.517. The molecule has 13 nitrogen and oxygen atoms in total. The van der Waals surface area contributed by atoms with Gasteiger partial charge in [-0.05, 0) is 90.0 Å². The number of nitrogens with zero attached hydrogens (tertiary/aromatic N) is 3. The molecule has 0 spiro atoms. The molecular formula is C41H39N3O10. The van der Waals surface area contributed by atoms with Crippen molar-refractivity contribution in [2.75, 3.05) is 54.9 Å². The summed E-state index contributed by atoms with van der Waals surface area (Å²) in [6, 6.07) is 24.0. The summed E-state index contributed by atoms with van der Waals surface area (Å²) < 4.78 is 47.5. The molecule has 0 amide bonds. The van der Waals surface area contributed by atoms with Crippen LogP contribution in [0, 0.1) is 0 Å². The van der Waals surface area contributed by atoms with Gasteiger partial charge in [0.05, 0.1) is 76.9 Å². The standard InChI is InChI=1S/C41H39N3O10/c1-47-28-5-9-36-32(18-28)33-19-29(48-2)6-10-37(33)43(36)40(45)53-15-13-51-24-26-17-27(23-42-22-26)25-52-14-16-54-41(46)44-38-11-7-30(49-3)20-34(38)35-21-31(50-4)8-12-39(35)44/h5-12,17-23H,13-16,24-25H2,1-4H3. The molecule has 0 aliphatic heterocycles. The summed E-state index contributed by atoms with van der Waals surface area (Å²) in [5, 5.41) is 3.38. The lowest BCUT2D eigenvalue weighted by molar-refractivity contribution is 0.0637. The number of ether oxygens (including phenoxy) is 8. The quantitative estimate of drug-likeness (QED) is 0.102. The molecule has 3 heterocycles. The Balaban J connectivity index is 0.887. The fourth-order valence-corrected chi connectivity index (χ4v) is 6.45. The van der Waals surface area contributed by atoms with Gasteiger partial charge >= 0.3 is 12.2 Å². The van der Waals surface area contributed by atoms with Crippen molar-refractivity contribution in [3.8, 4) is 23.0 Å². The largest absolute Gasteiger partial charge is 0.497 e. The van der Waals surface area contributed by atoms with Crippen LogP contribution < -0.4 is 18.9 Å². The SMILES string of the molecule is COc1ccc2c(c1)c1cc(OC)ccc1n2C(=O)OCCOCc1cncc(COCCOC(=O)n2c3ccc(OC)cc3c3cc(OC)ccc32)c1. The molecule has 4 aromatic carbocycles. The number of benzene rings is 4. The second-order valence-electron chi connectivity index (χ2n) is 12.2. The molecule has 0 N–H and O–H groups in total. The third-order valence-corrected chi connectivity index (χ3v) is 9.02. The Labute approximate surface area is 310 Å². The highest BCUT2D eigenvalue weighted by molar-refractivity contribution is 6.14. The number of fused-ring (bicyclic) bond motifs is 6. The Kier molecular flexibility index (Phi) is 10.8. The van der Waals surface area contributed by atoms with E-state index in [4.69, 9.17) is 37.9 Å². The molecule has 7 rings (SSSR count). The maximum absolute atomic E-state index is 13.3. The highest BCUT2D eigenvalue weighted by Crippen LogP contribution is 2.35. The summed E-state index contributed by atoms with van der Waals surface area (Å²) in [7, 11) is 6.40. The second kappa shape index (κ2) is 16.1. The van der Waals surface area contributed by atoms with E-state index in [1.165, 1.54) is 9.13 Å². The van der Waals surface area contributed by atoms with Crippen LogP contribution in [0.25, 0.3) is 43.6 Å². The average molecular weight is 734 g/mol. The van der Waals surface area contributed by atoms with E-state index in [-0.39, 0.29) is 39.6 Å². The van der Waals surface area contributed by atoms with Gasteiger partial charge in [0.1, 0.15) is 36.2 Å². The lowest BCUT2D eigenvalue weighted by Gasteiger charge is -2.10. The van der Waals surface area contributed by atoms with Crippen LogP contribution >= 0.6 is 0 Å². The first-order valence-corrected chi connectivity index (χ1v) is 17.2. The average Bonchev–Trinajstić information content (AvgIpc) is 3.71. The van der Waals surface area contributed by atoms with Crippen molar-refractivity contribution in [1.82, 2.24) is 14.1 Å². The Morgan fingerprint density at radius 1 is 0.481 bits per heavy atom. The van der Waals surface area contributed by atoms with Crippen LogP contribution in [0.1, 0.15) is 11.1 Å². The van der Waals surface area contributed by atoms with Crippen LogP contribution in [-0.4, -0.2) is 81.2 Å². The van der Waals surface area contributed by atoms with Crippen LogP contribution in [0.15, 0.2) is 91.3 Å². The number of hydrogen-bond donors (Lipinski definition) is 0. The number of methoxy groups -OCH3 is 4. The van der Waals surface area contributed by atoms with Crippen molar-refractivity contribution in [2.45, 2.75) is 13.2 Å². The number of pyridine rings is 1. The van der Waals surface area contributed by atoms with E-state index >= 15 is 0 Å². The number of aromatic nitrogens is 3. The van der Waals surface area contributed by atoms with Gasteiger partial charge in [-0.2, -0.15) is 0 Å². The summed E-state index contributed by atoms with van der Waals surface area (Å²) in [4.78, 5) is 30.8. The molecule has 0 radical (unpaired) electrons. The zero-order valence-corrected chi connectivity index (χ0v) is 30.3. The van der Waals surface area contributed by atoms with Gasteiger partial charge in [0.2, 0.25) is 0 Å². The predicted octanol–water partition coefficient (Wildman–Crippen LogP) is 7.73. The monoisotopic (exact) mass is 733 g/mol. The fourth-order valence-electron chi connectivity index (χ4n) is 6.45. The summed E-state index contributed by atoms with van der Waals surface area (Å²) in [6.07, 6.45) is 2.37. The van der Waals surface area contributed by atoms with E-state index in [1.807, 2.05) is 54.6 Å². The molecular weight excluding hydrogens is 694 g/mol. The molecule has 54 heavy (non-hydrogen) atoms. The summed E-state index contributed by atoms with van der Waals surface area (Å²) in [5.41, 5.74) is 4.44. The lowest BCUT2D eigenvalue weighted by Crippen LogP contribution is -2.16. The Morgan fingerprint density at radius 2 is 0.815 bits per heavy atom. The van der Waals surface area contributed by atoms with Crippen molar-refractivity contribution in [1.29, 1.82) is 0 Å². The van der Waals surface area contributed by atoms with Crippen LogP contribution in [-0.2, 0) is 32.2 Å². The predicted molar refractivity (Wildman–Crippen MR) is 202 cm³/mol. The maximum Gasteiger partial charge on any atom is 0.419 e. The van der Waals surface area contributed by atoms with E-state index in [2.05, 4.69) is 4.98 Å². The zero-order valence-electron chi connectivity index (χ0n) is 30.3. The number of carbonyl (C=O) groups is 2. The molecule has 0 atom stereocenters. The van der Waals surface area contributed by atoms with E-state index in [1.54, 1.807) is 65.1 Å². The maximum atomic E-state index is 13.3. The third kappa shape index (κ3) is 7.31. The highest BCUT2D eigenvalue weighted by Gasteiger charge is 2.20. The summed E-state index contributed by atoms with van der Waals surface area (Å²) in [5.74, 6) is 2.71. The Morgan fingerprint density at radius 3 is 1.13 bits per heavy atom. The van der Waals surface area contributed by atoms with Gasteiger partial charge in [-0.15, -0.1) is 0 Å². The molecule has 278 valence electrons. The van der Waals surface area contributed by atoms with Crippen LogP contribution in [0.5, 0.6) is 23.0 Å². The first-order valence-electron chi connectivity index (χ1n) is 17.2. The molecule has 0 bridgehead atoms. The third-order valence-electron chi connectivity index (χ3n) is 9.02. The topological polar surface area (TPSA) is 131 Å². The fraction of sp³-hybridized carbons (Fsp3) is 0.244. The molecule has 0 saturated heterocycles. The normalized spacial score (nSPS) is 11.3. The van der Waals surface area contributed by atoms with Gasteiger partial charge < -0.3 is 37.9 Å². The Hall–Kier alpha value is -6.31. The van der Waals surface area contributed by atoms with Crippen molar-refractivity contribution in [3.63, 3.8) is 0 Å². The molecule has 0 saturated carbocycles.